The van der Waals surface area contributed by atoms with Crippen LogP contribution in [0.5, 0.6) is 0 Å². The van der Waals surface area contributed by atoms with Crippen molar-refractivity contribution in [1.29, 1.82) is 0 Å². The molecule has 0 heterocycles. The third-order valence-corrected chi connectivity index (χ3v) is 4.35. The van der Waals surface area contributed by atoms with Gasteiger partial charge in [0.05, 0.1) is 11.9 Å². The topological polar surface area (TPSA) is 66.5 Å². The van der Waals surface area contributed by atoms with E-state index in [2.05, 4.69) is 5.32 Å². The summed E-state index contributed by atoms with van der Waals surface area (Å²) in [6.45, 7) is 1.33. The van der Waals surface area contributed by atoms with Crippen LogP contribution in [0.1, 0.15) is 5.56 Å². The highest BCUT2D eigenvalue weighted by Gasteiger charge is 2.22. The van der Waals surface area contributed by atoms with E-state index in [1.807, 2.05) is 6.92 Å². The molecule has 0 aliphatic rings. The van der Waals surface area contributed by atoms with E-state index in [4.69, 9.17) is 0 Å². The first-order chi connectivity index (χ1) is 11.2. The molecular formula is C16H16F2N2O3S. The van der Waals surface area contributed by atoms with Gasteiger partial charge >= 0.3 is 0 Å². The van der Waals surface area contributed by atoms with Crippen LogP contribution in [-0.4, -0.2) is 27.1 Å². The van der Waals surface area contributed by atoms with Crippen LogP contribution < -0.4 is 9.62 Å². The molecule has 1 amide bonds. The first kappa shape index (κ1) is 17.9. The number of halogens is 2. The van der Waals surface area contributed by atoms with Gasteiger partial charge in [-0.2, -0.15) is 0 Å². The van der Waals surface area contributed by atoms with E-state index in [0.717, 1.165) is 30.0 Å². The number of hydrogen-bond donors (Lipinski definition) is 1. The van der Waals surface area contributed by atoms with E-state index in [-0.39, 0.29) is 5.69 Å². The van der Waals surface area contributed by atoms with Gasteiger partial charge in [0.1, 0.15) is 6.54 Å². The summed E-state index contributed by atoms with van der Waals surface area (Å²) in [5, 5.41) is 2.55. The summed E-state index contributed by atoms with van der Waals surface area (Å²) in [6, 6.07) is 9.57. The Bertz CT molecular complexity index is 852. The molecule has 0 aliphatic heterocycles. The molecular weight excluding hydrogens is 338 g/mol. The molecule has 0 aromatic heterocycles. The highest BCUT2D eigenvalue weighted by molar-refractivity contribution is 7.92. The average molecular weight is 354 g/mol. The van der Waals surface area contributed by atoms with Crippen molar-refractivity contribution < 1.29 is 22.0 Å². The van der Waals surface area contributed by atoms with Crippen LogP contribution in [0.3, 0.4) is 0 Å². The summed E-state index contributed by atoms with van der Waals surface area (Å²) in [5.41, 5.74) is 1.38. The standard InChI is InChI=1S/C16H16F2N2O3S/c1-11-3-5-12(6-4-11)19-16(21)10-20(24(2,22)23)13-7-8-14(17)15(18)9-13/h3-9H,10H2,1-2H3,(H,19,21). The molecule has 0 fully saturated rings. The summed E-state index contributed by atoms with van der Waals surface area (Å²) in [6.07, 6.45) is 0.882. The second-order valence-corrected chi connectivity index (χ2v) is 7.19. The molecule has 2 rings (SSSR count). The molecule has 1 N–H and O–H groups in total. The normalized spacial score (nSPS) is 11.2. The van der Waals surface area contributed by atoms with Gasteiger partial charge in [-0.3, -0.25) is 9.10 Å². The average Bonchev–Trinajstić information content (AvgIpc) is 2.49. The van der Waals surface area contributed by atoms with E-state index in [9.17, 15) is 22.0 Å². The Morgan fingerprint density at radius 1 is 1.08 bits per heavy atom. The monoisotopic (exact) mass is 354 g/mol. The van der Waals surface area contributed by atoms with Gasteiger partial charge in [-0.1, -0.05) is 17.7 Å². The van der Waals surface area contributed by atoms with E-state index in [0.29, 0.717) is 9.99 Å². The lowest BCUT2D eigenvalue weighted by Gasteiger charge is -2.22. The number of benzene rings is 2. The van der Waals surface area contributed by atoms with Crippen LogP contribution in [0.25, 0.3) is 0 Å². The number of carbonyl (C=O) groups excluding carboxylic acids is 1. The molecule has 8 heteroatoms. The first-order valence-electron chi connectivity index (χ1n) is 6.96. The molecule has 0 spiro atoms. The van der Waals surface area contributed by atoms with Crippen molar-refractivity contribution in [1.82, 2.24) is 0 Å². The SMILES string of the molecule is Cc1ccc(NC(=O)CN(c2ccc(F)c(F)c2)S(C)(=O)=O)cc1. The third kappa shape index (κ3) is 4.51. The number of sulfonamides is 1. The van der Waals surface area contributed by atoms with Gasteiger partial charge < -0.3 is 5.32 Å². The molecule has 24 heavy (non-hydrogen) atoms. The van der Waals surface area contributed by atoms with Crippen LogP contribution in [0.4, 0.5) is 20.2 Å². The third-order valence-electron chi connectivity index (χ3n) is 3.21. The summed E-state index contributed by atoms with van der Waals surface area (Å²) in [7, 11) is -3.86. The number of carbonyl (C=O) groups is 1. The summed E-state index contributed by atoms with van der Waals surface area (Å²) in [5.74, 6) is -2.90. The van der Waals surface area contributed by atoms with Gasteiger partial charge in [-0.25, -0.2) is 17.2 Å². The largest absolute Gasteiger partial charge is 0.325 e. The lowest BCUT2D eigenvalue weighted by Crippen LogP contribution is -2.37. The molecule has 2 aromatic rings. The number of anilines is 2. The lowest BCUT2D eigenvalue weighted by atomic mass is 10.2. The number of nitrogens with zero attached hydrogens (tertiary/aromatic N) is 1. The van der Waals surface area contributed by atoms with Crippen molar-refractivity contribution in [2.75, 3.05) is 22.4 Å². The molecule has 0 aliphatic carbocycles. The molecule has 5 nitrogen and oxygen atoms in total. The fraction of sp³-hybridized carbons (Fsp3) is 0.188. The van der Waals surface area contributed by atoms with Crippen molar-refractivity contribution in [3.63, 3.8) is 0 Å². The Balaban J connectivity index is 2.21. The Labute approximate surface area is 139 Å². The van der Waals surface area contributed by atoms with Gasteiger partial charge in [-0.15, -0.1) is 0 Å². The quantitative estimate of drug-likeness (QED) is 0.898. The van der Waals surface area contributed by atoms with Gasteiger partial charge in [0, 0.05) is 11.8 Å². The fourth-order valence-corrected chi connectivity index (χ4v) is 2.86. The maximum Gasteiger partial charge on any atom is 0.245 e. The zero-order valence-electron chi connectivity index (χ0n) is 13.1. The minimum Gasteiger partial charge on any atom is -0.325 e. The van der Waals surface area contributed by atoms with Gasteiger partial charge in [0.15, 0.2) is 11.6 Å². The maximum atomic E-state index is 13.4. The highest BCUT2D eigenvalue weighted by Crippen LogP contribution is 2.20. The minimum atomic E-state index is -3.86. The predicted octanol–water partition coefficient (Wildman–Crippen LogP) is 2.68. The van der Waals surface area contributed by atoms with Crippen LogP contribution in [0.15, 0.2) is 42.5 Å². The molecule has 2 aromatic carbocycles. The summed E-state index contributed by atoms with van der Waals surface area (Å²) >= 11 is 0. The maximum absolute atomic E-state index is 13.4. The lowest BCUT2D eigenvalue weighted by molar-refractivity contribution is -0.114. The Hall–Kier alpha value is -2.48. The van der Waals surface area contributed by atoms with Crippen LogP contribution in [0.2, 0.25) is 0 Å². The van der Waals surface area contributed by atoms with Crippen molar-refractivity contribution in [3.05, 3.63) is 59.7 Å². The van der Waals surface area contributed by atoms with E-state index >= 15 is 0 Å². The second kappa shape index (κ2) is 6.96. The number of amides is 1. The smallest absolute Gasteiger partial charge is 0.245 e. The van der Waals surface area contributed by atoms with Crippen molar-refractivity contribution >= 4 is 27.3 Å². The molecule has 0 atom stereocenters. The fourth-order valence-electron chi connectivity index (χ4n) is 2.01. The molecule has 0 saturated heterocycles. The van der Waals surface area contributed by atoms with Crippen molar-refractivity contribution in [2.24, 2.45) is 0 Å². The molecule has 0 radical (unpaired) electrons. The number of rotatable bonds is 5. The number of aryl methyl sites for hydroxylation is 1. The van der Waals surface area contributed by atoms with Crippen LogP contribution in [-0.2, 0) is 14.8 Å². The van der Waals surface area contributed by atoms with E-state index in [1.165, 1.54) is 0 Å². The van der Waals surface area contributed by atoms with Crippen LogP contribution in [0, 0.1) is 18.6 Å². The Kier molecular flexibility index (Phi) is 5.18. The Morgan fingerprint density at radius 2 is 1.71 bits per heavy atom. The zero-order chi connectivity index (χ0) is 17.9. The Morgan fingerprint density at radius 3 is 2.25 bits per heavy atom. The van der Waals surface area contributed by atoms with Crippen LogP contribution >= 0.6 is 0 Å². The second-order valence-electron chi connectivity index (χ2n) is 5.28. The zero-order valence-corrected chi connectivity index (χ0v) is 13.9. The van der Waals surface area contributed by atoms with Gasteiger partial charge in [0.25, 0.3) is 0 Å². The number of hydrogen-bond acceptors (Lipinski definition) is 3. The van der Waals surface area contributed by atoms with Gasteiger partial charge in [0.2, 0.25) is 15.9 Å². The van der Waals surface area contributed by atoms with Crippen molar-refractivity contribution in [3.8, 4) is 0 Å². The molecule has 0 bridgehead atoms. The highest BCUT2D eigenvalue weighted by atomic mass is 32.2. The molecule has 0 unspecified atom stereocenters. The predicted molar refractivity (Wildman–Crippen MR) is 88.4 cm³/mol. The summed E-state index contributed by atoms with van der Waals surface area (Å²) in [4.78, 5) is 12.1. The van der Waals surface area contributed by atoms with Gasteiger partial charge in [-0.05, 0) is 31.2 Å². The molecule has 0 saturated carbocycles. The summed E-state index contributed by atoms with van der Waals surface area (Å²) < 4.78 is 50.9. The molecule has 128 valence electrons. The van der Waals surface area contributed by atoms with E-state index < -0.39 is 34.1 Å². The van der Waals surface area contributed by atoms with Crippen molar-refractivity contribution in [2.45, 2.75) is 6.92 Å². The van der Waals surface area contributed by atoms with E-state index in [1.54, 1.807) is 24.3 Å². The first-order valence-corrected chi connectivity index (χ1v) is 8.81. The minimum absolute atomic E-state index is 0.129. The number of nitrogens with one attached hydrogen (secondary N) is 1.